The van der Waals surface area contributed by atoms with Crippen LogP contribution >= 0.6 is 0 Å². The molecule has 2 rings (SSSR count). The summed E-state index contributed by atoms with van der Waals surface area (Å²) in [6.45, 7) is 6.36. The number of hydrogen-bond acceptors (Lipinski definition) is 2. The van der Waals surface area contributed by atoms with Gasteiger partial charge in [-0.2, -0.15) is 0 Å². The minimum Gasteiger partial charge on any atom is -0.211 e. The van der Waals surface area contributed by atoms with E-state index in [1.54, 1.807) is 6.07 Å². The monoisotopic (exact) mass is 253 g/mol. The minimum absolute atomic E-state index is 0.418. The molecule has 1 N–H and O–H groups in total. The van der Waals surface area contributed by atoms with Crippen molar-refractivity contribution < 1.29 is 8.42 Å². The molecular weight excluding hydrogens is 234 g/mol. The fourth-order valence-corrected chi connectivity index (χ4v) is 3.28. The molecule has 0 atom stereocenters. The van der Waals surface area contributed by atoms with Crippen LogP contribution in [0.1, 0.15) is 29.5 Å². The maximum Gasteiger partial charge on any atom is 0.240 e. The Hall–Kier alpha value is -0.870. The van der Waals surface area contributed by atoms with E-state index in [9.17, 15) is 8.42 Å². The molecule has 1 fully saturated rings. The number of benzene rings is 1. The second-order valence-corrected chi connectivity index (χ2v) is 6.73. The Morgan fingerprint density at radius 2 is 1.71 bits per heavy atom. The molecule has 1 aliphatic carbocycles. The van der Waals surface area contributed by atoms with Crippen molar-refractivity contribution >= 4 is 10.0 Å². The lowest BCUT2D eigenvalue weighted by molar-refractivity contribution is 0.576. The molecule has 0 heterocycles. The van der Waals surface area contributed by atoms with Crippen LogP contribution in [0.25, 0.3) is 0 Å². The summed E-state index contributed by atoms with van der Waals surface area (Å²) < 4.78 is 27.0. The van der Waals surface area contributed by atoms with Crippen molar-refractivity contribution in [2.75, 3.05) is 6.54 Å². The van der Waals surface area contributed by atoms with Gasteiger partial charge in [-0.1, -0.05) is 6.07 Å². The van der Waals surface area contributed by atoms with Gasteiger partial charge in [-0.05, 0) is 62.3 Å². The summed E-state index contributed by atoms with van der Waals surface area (Å²) in [5.74, 6) is 0.552. The standard InChI is InChI=1S/C13H19NO2S/c1-9-6-11(3)13(7-10(9)2)17(15,16)14-8-12-4-5-12/h6-7,12,14H,4-5,8H2,1-3H3. The Kier molecular flexibility index (Phi) is 3.27. The smallest absolute Gasteiger partial charge is 0.211 e. The van der Waals surface area contributed by atoms with Crippen LogP contribution in [0.3, 0.4) is 0 Å². The molecule has 1 saturated carbocycles. The van der Waals surface area contributed by atoms with Crippen molar-refractivity contribution in [1.82, 2.24) is 4.72 Å². The predicted octanol–water partition coefficient (Wildman–Crippen LogP) is 2.30. The maximum atomic E-state index is 12.1. The number of rotatable bonds is 4. The van der Waals surface area contributed by atoms with E-state index in [4.69, 9.17) is 0 Å². The minimum atomic E-state index is -3.34. The van der Waals surface area contributed by atoms with E-state index in [1.165, 1.54) is 0 Å². The van der Waals surface area contributed by atoms with Crippen molar-refractivity contribution in [3.8, 4) is 0 Å². The predicted molar refractivity (Wildman–Crippen MR) is 68.6 cm³/mol. The second kappa shape index (κ2) is 4.42. The quantitative estimate of drug-likeness (QED) is 0.895. The molecule has 1 aromatic carbocycles. The molecule has 0 bridgehead atoms. The average Bonchev–Trinajstić information content (AvgIpc) is 3.04. The molecule has 3 nitrogen and oxygen atoms in total. The van der Waals surface area contributed by atoms with E-state index in [0.29, 0.717) is 17.4 Å². The molecule has 0 spiro atoms. The Balaban J connectivity index is 2.27. The molecule has 0 radical (unpaired) electrons. The van der Waals surface area contributed by atoms with Crippen molar-refractivity contribution in [1.29, 1.82) is 0 Å². The topological polar surface area (TPSA) is 46.2 Å². The zero-order valence-corrected chi connectivity index (χ0v) is 11.4. The molecule has 1 aromatic rings. The van der Waals surface area contributed by atoms with E-state index in [0.717, 1.165) is 29.5 Å². The zero-order chi connectivity index (χ0) is 12.6. The molecule has 0 amide bonds. The van der Waals surface area contributed by atoms with Crippen LogP contribution in [0, 0.1) is 26.7 Å². The van der Waals surface area contributed by atoms with Gasteiger partial charge in [-0.15, -0.1) is 0 Å². The van der Waals surface area contributed by atoms with Crippen LogP contribution in [0.5, 0.6) is 0 Å². The summed E-state index contributed by atoms with van der Waals surface area (Å²) in [6, 6.07) is 3.70. The number of sulfonamides is 1. The van der Waals surface area contributed by atoms with Crippen molar-refractivity contribution in [3.63, 3.8) is 0 Å². The Morgan fingerprint density at radius 1 is 1.12 bits per heavy atom. The van der Waals surface area contributed by atoms with Gasteiger partial charge in [-0.3, -0.25) is 0 Å². The first kappa shape index (κ1) is 12.6. The van der Waals surface area contributed by atoms with Crippen molar-refractivity contribution in [2.45, 2.75) is 38.5 Å². The van der Waals surface area contributed by atoms with Crippen LogP contribution < -0.4 is 4.72 Å². The molecule has 0 aliphatic heterocycles. The zero-order valence-electron chi connectivity index (χ0n) is 10.6. The van der Waals surface area contributed by atoms with Gasteiger partial charge >= 0.3 is 0 Å². The first-order valence-corrected chi connectivity index (χ1v) is 7.46. The van der Waals surface area contributed by atoms with Crippen molar-refractivity contribution in [2.24, 2.45) is 5.92 Å². The van der Waals surface area contributed by atoms with E-state index in [1.807, 2.05) is 26.8 Å². The Labute approximate surface area is 103 Å². The molecule has 0 aromatic heterocycles. The van der Waals surface area contributed by atoms with Gasteiger partial charge in [0.1, 0.15) is 0 Å². The summed E-state index contributed by atoms with van der Waals surface area (Å²) in [7, 11) is -3.34. The fourth-order valence-electron chi connectivity index (χ4n) is 1.85. The number of nitrogens with one attached hydrogen (secondary N) is 1. The van der Waals surface area contributed by atoms with Crippen molar-refractivity contribution in [3.05, 3.63) is 28.8 Å². The molecule has 94 valence electrons. The highest BCUT2D eigenvalue weighted by Crippen LogP contribution is 2.28. The summed E-state index contributed by atoms with van der Waals surface area (Å²) >= 11 is 0. The Bertz CT molecular complexity index is 531. The first-order chi connectivity index (χ1) is 7.90. The van der Waals surface area contributed by atoms with Gasteiger partial charge in [0.15, 0.2) is 0 Å². The highest BCUT2D eigenvalue weighted by atomic mass is 32.2. The van der Waals surface area contributed by atoms with Gasteiger partial charge in [0, 0.05) is 6.54 Å². The molecule has 4 heteroatoms. The van der Waals surface area contributed by atoms with Crippen LogP contribution in [-0.4, -0.2) is 15.0 Å². The lowest BCUT2D eigenvalue weighted by Gasteiger charge is -2.11. The van der Waals surface area contributed by atoms with Gasteiger partial charge in [-0.25, -0.2) is 13.1 Å². The largest absolute Gasteiger partial charge is 0.240 e. The molecule has 17 heavy (non-hydrogen) atoms. The summed E-state index contributed by atoms with van der Waals surface area (Å²) in [4.78, 5) is 0.418. The first-order valence-electron chi connectivity index (χ1n) is 5.97. The van der Waals surface area contributed by atoms with Gasteiger partial charge in [0.25, 0.3) is 0 Å². The van der Waals surface area contributed by atoms with Crippen LogP contribution in [0.2, 0.25) is 0 Å². The van der Waals surface area contributed by atoms with Gasteiger partial charge in [0.05, 0.1) is 4.90 Å². The van der Waals surface area contributed by atoms with E-state index >= 15 is 0 Å². The third-order valence-corrected chi connectivity index (χ3v) is 4.91. The number of hydrogen-bond donors (Lipinski definition) is 1. The lowest BCUT2D eigenvalue weighted by Crippen LogP contribution is -2.26. The van der Waals surface area contributed by atoms with Crippen LogP contribution in [0.15, 0.2) is 17.0 Å². The third kappa shape index (κ3) is 2.87. The molecule has 0 saturated heterocycles. The molecular formula is C13H19NO2S. The van der Waals surface area contributed by atoms with Gasteiger partial charge in [0.2, 0.25) is 10.0 Å². The summed E-state index contributed by atoms with van der Waals surface area (Å²) in [5, 5.41) is 0. The Morgan fingerprint density at radius 3 is 2.29 bits per heavy atom. The second-order valence-electron chi connectivity index (χ2n) is 5.00. The highest BCUT2D eigenvalue weighted by molar-refractivity contribution is 7.89. The SMILES string of the molecule is Cc1cc(C)c(S(=O)(=O)NCC2CC2)cc1C. The van der Waals surface area contributed by atoms with E-state index < -0.39 is 10.0 Å². The maximum absolute atomic E-state index is 12.1. The average molecular weight is 253 g/mol. The third-order valence-electron chi connectivity index (χ3n) is 3.34. The fraction of sp³-hybridized carbons (Fsp3) is 0.538. The highest BCUT2D eigenvalue weighted by Gasteiger charge is 2.25. The molecule has 1 aliphatic rings. The summed E-state index contributed by atoms with van der Waals surface area (Å²) in [5.41, 5.74) is 2.96. The normalized spacial score (nSPS) is 16.2. The van der Waals surface area contributed by atoms with E-state index in [-0.39, 0.29) is 0 Å². The van der Waals surface area contributed by atoms with Crippen LogP contribution in [0.4, 0.5) is 0 Å². The summed E-state index contributed by atoms with van der Waals surface area (Å²) in [6.07, 6.45) is 2.29. The number of aryl methyl sites for hydroxylation is 3. The van der Waals surface area contributed by atoms with Gasteiger partial charge < -0.3 is 0 Å². The molecule has 0 unspecified atom stereocenters. The van der Waals surface area contributed by atoms with Crippen LogP contribution in [-0.2, 0) is 10.0 Å². The lowest BCUT2D eigenvalue weighted by atomic mass is 10.1. The van der Waals surface area contributed by atoms with E-state index in [2.05, 4.69) is 4.72 Å².